The Bertz CT molecular complexity index is 665. The predicted molar refractivity (Wildman–Crippen MR) is 87.7 cm³/mol. The molecule has 112 valence electrons. The van der Waals surface area contributed by atoms with Gasteiger partial charge in [0.25, 0.3) is 0 Å². The molecule has 0 fully saturated rings. The zero-order valence-corrected chi connectivity index (χ0v) is 13.2. The van der Waals surface area contributed by atoms with Gasteiger partial charge in [-0.05, 0) is 55.7 Å². The third kappa shape index (κ3) is 3.72. The summed E-state index contributed by atoms with van der Waals surface area (Å²) in [5.41, 5.74) is 4.66. The summed E-state index contributed by atoms with van der Waals surface area (Å²) in [7, 11) is 0. The number of aromatic nitrogens is 1. The van der Waals surface area contributed by atoms with Gasteiger partial charge in [-0.25, -0.2) is 4.98 Å². The summed E-state index contributed by atoms with van der Waals surface area (Å²) in [6.07, 6.45) is 0.520. The zero-order chi connectivity index (χ0) is 15.4. The van der Waals surface area contributed by atoms with Gasteiger partial charge in [-0.1, -0.05) is 6.92 Å². The van der Waals surface area contributed by atoms with Crippen LogP contribution in [0.2, 0.25) is 0 Å². The van der Waals surface area contributed by atoms with E-state index in [9.17, 15) is 4.79 Å². The highest BCUT2D eigenvalue weighted by Gasteiger charge is 2.05. The third-order valence-electron chi connectivity index (χ3n) is 3.68. The first-order chi connectivity index (χ1) is 10.0. The van der Waals surface area contributed by atoms with Crippen molar-refractivity contribution < 1.29 is 4.79 Å². The Morgan fingerprint density at radius 2 is 1.71 bits per heavy atom. The van der Waals surface area contributed by atoms with Crippen molar-refractivity contribution >= 4 is 22.6 Å². The van der Waals surface area contributed by atoms with Gasteiger partial charge in [0.15, 0.2) is 0 Å². The molecule has 2 rings (SSSR count). The van der Waals surface area contributed by atoms with E-state index < -0.39 is 0 Å². The maximum absolute atomic E-state index is 11.2. The van der Waals surface area contributed by atoms with Crippen molar-refractivity contribution in [1.82, 2.24) is 10.3 Å². The Hall–Kier alpha value is -2.10. The number of pyridine rings is 1. The average Bonchev–Trinajstić information content (AvgIpc) is 2.45. The van der Waals surface area contributed by atoms with E-state index >= 15 is 0 Å². The van der Waals surface area contributed by atoms with Gasteiger partial charge in [-0.15, -0.1) is 0 Å². The Morgan fingerprint density at radius 1 is 1.05 bits per heavy atom. The van der Waals surface area contributed by atoms with Crippen LogP contribution < -0.4 is 10.6 Å². The van der Waals surface area contributed by atoms with Crippen LogP contribution in [0.5, 0.6) is 0 Å². The monoisotopic (exact) mass is 285 g/mol. The number of nitrogens with zero attached hydrogens (tertiary/aromatic N) is 1. The van der Waals surface area contributed by atoms with Gasteiger partial charge in [0.1, 0.15) is 5.82 Å². The molecule has 0 atom stereocenters. The van der Waals surface area contributed by atoms with Gasteiger partial charge in [0, 0.05) is 24.9 Å². The molecular formula is C17H23N3O. The largest absolute Gasteiger partial charge is 0.368 e. The van der Waals surface area contributed by atoms with E-state index in [1.807, 2.05) is 6.92 Å². The Kier molecular flexibility index (Phi) is 4.78. The van der Waals surface area contributed by atoms with Crippen molar-refractivity contribution in [2.75, 3.05) is 18.4 Å². The smallest absolute Gasteiger partial charge is 0.219 e. The second-order valence-corrected chi connectivity index (χ2v) is 5.41. The molecule has 4 nitrogen and oxygen atoms in total. The van der Waals surface area contributed by atoms with Gasteiger partial charge >= 0.3 is 0 Å². The van der Waals surface area contributed by atoms with Gasteiger partial charge in [-0.2, -0.15) is 0 Å². The minimum atomic E-state index is 0.0751. The van der Waals surface area contributed by atoms with Crippen LogP contribution in [0.3, 0.4) is 0 Å². The first-order valence-corrected chi connectivity index (χ1v) is 7.40. The normalized spacial score (nSPS) is 10.7. The van der Waals surface area contributed by atoms with Gasteiger partial charge in [-0.3, -0.25) is 4.79 Å². The fraction of sp³-hybridized carbons (Fsp3) is 0.412. The average molecular weight is 285 g/mol. The lowest BCUT2D eigenvalue weighted by Gasteiger charge is -2.11. The van der Waals surface area contributed by atoms with E-state index in [0.717, 1.165) is 16.9 Å². The topological polar surface area (TPSA) is 54.0 Å². The number of benzene rings is 1. The van der Waals surface area contributed by atoms with Crippen LogP contribution >= 0.6 is 0 Å². The SMILES string of the molecule is CCC(=O)NCCNc1nc2cc(C)c(C)cc2cc1C. The van der Waals surface area contributed by atoms with Crippen molar-refractivity contribution in [2.24, 2.45) is 0 Å². The molecule has 1 heterocycles. The maximum atomic E-state index is 11.2. The quantitative estimate of drug-likeness (QED) is 0.830. The fourth-order valence-electron chi connectivity index (χ4n) is 2.23. The van der Waals surface area contributed by atoms with E-state index in [2.05, 4.69) is 54.6 Å². The number of nitrogens with one attached hydrogen (secondary N) is 2. The number of hydrogen-bond acceptors (Lipinski definition) is 3. The molecule has 0 aliphatic heterocycles. The van der Waals surface area contributed by atoms with E-state index in [4.69, 9.17) is 0 Å². The van der Waals surface area contributed by atoms with Crippen LogP contribution in [-0.2, 0) is 4.79 Å². The lowest BCUT2D eigenvalue weighted by atomic mass is 10.1. The highest BCUT2D eigenvalue weighted by atomic mass is 16.1. The zero-order valence-electron chi connectivity index (χ0n) is 13.2. The molecule has 1 aromatic carbocycles. The molecule has 1 aromatic heterocycles. The summed E-state index contributed by atoms with van der Waals surface area (Å²) in [5, 5.41) is 7.31. The number of anilines is 1. The molecule has 2 N–H and O–H groups in total. The van der Waals surface area contributed by atoms with Crippen LogP contribution in [0, 0.1) is 20.8 Å². The number of amides is 1. The number of carbonyl (C=O) groups is 1. The summed E-state index contributed by atoms with van der Waals surface area (Å²) in [5.74, 6) is 0.961. The number of aryl methyl sites for hydroxylation is 3. The highest BCUT2D eigenvalue weighted by Crippen LogP contribution is 2.22. The van der Waals surface area contributed by atoms with Gasteiger partial charge in [0.2, 0.25) is 5.91 Å². The molecule has 0 unspecified atom stereocenters. The summed E-state index contributed by atoms with van der Waals surface area (Å²) < 4.78 is 0. The molecule has 0 aliphatic carbocycles. The Morgan fingerprint density at radius 3 is 2.43 bits per heavy atom. The highest BCUT2D eigenvalue weighted by molar-refractivity contribution is 5.83. The molecule has 0 saturated heterocycles. The summed E-state index contributed by atoms with van der Waals surface area (Å²) in [6.45, 7) is 9.40. The molecule has 2 aromatic rings. The van der Waals surface area contributed by atoms with Crippen molar-refractivity contribution in [2.45, 2.75) is 34.1 Å². The van der Waals surface area contributed by atoms with Crippen molar-refractivity contribution in [3.63, 3.8) is 0 Å². The van der Waals surface area contributed by atoms with Gasteiger partial charge < -0.3 is 10.6 Å². The Balaban J connectivity index is 2.11. The van der Waals surface area contributed by atoms with E-state index in [1.54, 1.807) is 0 Å². The second-order valence-electron chi connectivity index (χ2n) is 5.41. The molecule has 4 heteroatoms. The lowest BCUT2D eigenvalue weighted by Crippen LogP contribution is -2.28. The summed E-state index contributed by atoms with van der Waals surface area (Å²) in [4.78, 5) is 15.9. The molecule has 1 amide bonds. The molecule has 0 saturated carbocycles. The number of rotatable bonds is 5. The first kappa shape index (κ1) is 15.3. The number of fused-ring (bicyclic) bond motifs is 1. The minimum Gasteiger partial charge on any atom is -0.368 e. The van der Waals surface area contributed by atoms with E-state index in [1.165, 1.54) is 16.5 Å². The van der Waals surface area contributed by atoms with E-state index in [-0.39, 0.29) is 5.91 Å². The van der Waals surface area contributed by atoms with Crippen LogP contribution in [0.25, 0.3) is 10.9 Å². The molecule has 21 heavy (non-hydrogen) atoms. The first-order valence-electron chi connectivity index (χ1n) is 7.40. The van der Waals surface area contributed by atoms with Crippen LogP contribution in [0.1, 0.15) is 30.0 Å². The van der Waals surface area contributed by atoms with Crippen molar-refractivity contribution in [3.05, 3.63) is 34.9 Å². The summed E-state index contributed by atoms with van der Waals surface area (Å²) >= 11 is 0. The molecule has 0 aliphatic rings. The molecule has 0 radical (unpaired) electrons. The fourth-order valence-corrected chi connectivity index (χ4v) is 2.23. The Labute approximate surface area is 126 Å². The van der Waals surface area contributed by atoms with Crippen molar-refractivity contribution in [1.29, 1.82) is 0 Å². The minimum absolute atomic E-state index is 0.0751. The number of carbonyl (C=O) groups excluding carboxylic acids is 1. The van der Waals surface area contributed by atoms with Crippen LogP contribution in [0.4, 0.5) is 5.82 Å². The summed E-state index contributed by atoms with van der Waals surface area (Å²) in [6, 6.07) is 6.45. The van der Waals surface area contributed by atoms with Crippen LogP contribution in [-0.4, -0.2) is 24.0 Å². The molecular weight excluding hydrogens is 262 g/mol. The van der Waals surface area contributed by atoms with Crippen molar-refractivity contribution in [3.8, 4) is 0 Å². The number of hydrogen-bond donors (Lipinski definition) is 2. The standard InChI is InChI=1S/C17H23N3O/c1-5-16(21)18-6-7-19-17-13(4)9-14-8-11(2)12(3)10-15(14)20-17/h8-10H,5-7H2,1-4H3,(H,18,21)(H,19,20). The third-order valence-corrected chi connectivity index (χ3v) is 3.68. The predicted octanol–water partition coefficient (Wildman–Crippen LogP) is 3.10. The maximum Gasteiger partial charge on any atom is 0.219 e. The molecule has 0 spiro atoms. The lowest BCUT2D eigenvalue weighted by molar-refractivity contribution is -0.120. The van der Waals surface area contributed by atoms with E-state index in [0.29, 0.717) is 19.5 Å². The molecule has 0 bridgehead atoms. The van der Waals surface area contributed by atoms with Gasteiger partial charge in [0.05, 0.1) is 5.52 Å². The second kappa shape index (κ2) is 6.57. The van der Waals surface area contributed by atoms with Crippen LogP contribution in [0.15, 0.2) is 18.2 Å².